The molecule has 62 valence electrons. The minimum absolute atomic E-state index is 0.609. The number of hydrogen-bond acceptors (Lipinski definition) is 0. The largest absolute Gasteiger partial charge is 0.0822 e. The Morgan fingerprint density at radius 3 is 2.45 bits per heavy atom. The molecule has 3 aliphatic carbocycles. The zero-order valence-electron chi connectivity index (χ0n) is 8.02. The van der Waals surface area contributed by atoms with E-state index >= 15 is 0 Å². The second-order valence-electron chi connectivity index (χ2n) is 4.99. The molecule has 3 rings (SSSR count). The number of allylic oxidation sites excluding steroid dienone is 2. The summed E-state index contributed by atoms with van der Waals surface area (Å²) in [4.78, 5) is 0. The molecule has 0 aromatic rings. The second-order valence-corrected chi connectivity index (χ2v) is 4.99. The highest BCUT2D eigenvalue weighted by molar-refractivity contribution is 5.23. The predicted molar refractivity (Wildman–Crippen MR) is 48.3 cm³/mol. The molecule has 3 atom stereocenters. The molecular formula is C11H18. The Labute approximate surface area is 69.7 Å². The van der Waals surface area contributed by atoms with Crippen LogP contribution in [-0.2, 0) is 0 Å². The zero-order chi connectivity index (χ0) is 8.22. The highest BCUT2D eigenvalue weighted by Crippen LogP contribution is 2.60. The van der Waals surface area contributed by atoms with Crippen LogP contribution in [0.15, 0.2) is 11.6 Å². The number of hydrogen-bond donors (Lipinski definition) is 0. The van der Waals surface area contributed by atoms with E-state index in [-0.39, 0.29) is 0 Å². The van der Waals surface area contributed by atoms with Gasteiger partial charge in [-0.15, -0.1) is 0 Å². The van der Waals surface area contributed by atoms with Crippen molar-refractivity contribution >= 4 is 0 Å². The fourth-order valence-corrected chi connectivity index (χ4v) is 3.27. The molecule has 0 saturated heterocycles. The Morgan fingerprint density at radius 2 is 2.09 bits per heavy atom. The quantitative estimate of drug-likeness (QED) is 0.465. The molecule has 0 aromatic heterocycles. The summed E-state index contributed by atoms with van der Waals surface area (Å²) < 4.78 is 0. The fraction of sp³-hybridized carbons (Fsp3) is 0.818. The van der Waals surface area contributed by atoms with Crippen LogP contribution >= 0.6 is 0 Å². The molecule has 0 radical (unpaired) electrons. The minimum Gasteiger partial charge on any atom is -0.0822 e. The average molecular weight is 150 g/mol. The van der Waals surface area contributed by atoms with Crippen LogP contribution in [0, 0.1) is 23.2 Å². The standard InChI is InChI=1S/C11H18/c1-7-5-8(2)10-6-9(7)11(10,3)4/h5,7,9-10H,6H2,1-4H3/t7-,9-,10+/m0/s1. The highest BCUT2D eigenvalue weighted by Gasteiger charge is 2.52. The third kappa shape index (κ3) is 0.758. The first-order chi connectivity index (χ1) is 5.03. The Bertz CT molecular complexity index is 210. The maximum Gasteiger partial charge on any atom is -0.0149 e. The van der Waals surface area contributed by atoms with E-state index in [1.807, 2.05) is 0 Å². The first-order valence-electron chi connectivity index (χ1n) is 4.72. The van der Waals surface area contributed by atoms with Gasteiger partial charge in [0.1, 0.15) is 0 Å². The van der Waals surface area contributed by atoms with Crippen LogP contribution in [0.4, 0.5) is 0 Å². The Morgan fingerprint density at radius 1 is 1.45 bits per heavy atom. The van der Waals surface area contributed by atoms with E-state index in [1.165, 1.54) is 6.42 Å². The predicted octanol–water partition coefficient (Wildman–Crippen LogP) is 3.24. The smallest absolute Gasteiger partial charge is 0.0149 e. The topological polar surface area (TPSA) is 0 Å². The van der Waals surface area contributed by atoms with E-state index in [4.69, 9.17) is 0 Å². The second kappa shape index (κ2) is 1.91. The van der Waals surface area contributed by atoms with Crippen LogP contribution in [0.5, 0.6) is 0 Å². The van der Waals surface area contributed by atoms with Gasteiger partial charge in [-0.1, -0.05) is 32.4 Å². The molecule has 3 aliphatic rings. The van der Waals surface area contributed by atoms with Crippen LogP contribution in [0.25, 0.3) is 0 Å². The molecular weight excluding hydrogens is 132 g/mol. The van der Waals surface area contributed by atoms with E-state index in [1.54, 1.807) is 5.57 Å². The summed E-state index contributed by atoms with van der Waals surface area (Å²) in [6.07, 6.45) is 3.93. The average Bonchev–Trinajstić information content (AvgIpc) is 1.84. The van der Waals surface area contributed by atoms with E-state index in [0.717, 1.165) is 17.8 Å². The van der Waals surface area contributed by atoms with Crippen LogP contribution < -0.4 is 0 Å². The van der Waals surface area contributed by atoms with Gasteiger partial charge in [0.05, 0.1) is 0 Å². The summed E-state index contributed by atoms with van der Waals surface area (Å²) in [5.41, 5.74) is 2.25. The molecule has 0 nitrogen and oxygen atoms in total. The zero-order valence-corrected chi connectivity index (χ0v) is 8.02. The van der Waals surface area contributed by atoms with Crippen molar-refractivity contribution in [3.05, 3.63) is 11.6 Å². The molecule has 0 unspecified atom stereocenters. The summed E-state index contributed by atoms with van der Waals surface area (Å²) >= 11 is 0. The van der Waals surface area contributed by atoms with Gasteiger partial charge in [0, 0.05) is 0 Å². The van der Waals surface area contributed by atoms with Crippen molar-refractivity contribution in [1.29, 1.82) is 0 Å². The molecule has 0 spiro atoms. The molecule has 1 fully saturated rings. The lowest BCUT2D eigenvalue weighted by Gasteiger charge is -2.58. The SMILES string of the molecule is CC1=C[C@H](C)[C@@H]2C[C@H]1C2(C)C. The summed E-state index contributed by atoms with van der Waals surface area (Å²) in [5, 5.41) is 0. The van der Waals surface area contributed by atoms with Crippen molar-refractivity contribution in [2.45, 2.75) is 34.1 Å². The van der Waals surface area contributed by atoms with E-state index in [2.05, 4.69) is 33.8 Å². The van der Waals surface area contributed by atoms with E-state index in [0.29, 0.717) is 5.41 Å². The first-order valence-corrected chi connectivity index (χ1v) is 4.72. The van der Waals surface area contributed by atoms with Gasteiger partial charge in [-0.2, -0.15) is 0 Å². The lowest BCUT2D eigenvalue weighted by Crippen LogP contribution is -2.50. The van der Waals surface area contributed by atoms with Crippen LogP contribution in [-0.4, -0.2) is 0 Å². The molecule has 1 saturated carbocycles. The van der Waals surface area contributed by atoms with Gasteiger partial charge in [-0.05, 0) is 36.5 Å². The summed E-state index contributed by atoms with van der Waals surface area (Å²) in [7, 11) is 0. The van der Waals surface area contributed by atoms with E-state index < -0.39 is 0 Å². The summed E-state index contributed by atoms with van der Waals surface area (Å²) in [6, 6.07) is 0. The molecule has 0 aromatic carbocycles. The van der Waals surface area contributed by atoms with Crippen molar-refractivity contribution in [2.24, 2.45) is 23.2 Å². The van der Waals surface area contributed by atoms with Crippen molar-refractivity contribution < 1.29 is 0 Å². The van der Waals surface area contributed by atoms with Gasteiger partial charge in [-0.3, -0.25) is 0 Å². The maximum absolute atomic E-state index is 2.48. The van der Waals surface area contributed by atoms with Crippen molar-refractivity contribution in [3.8, 4) is 0 Å². The molecule has 0 heteroatoms. The molecule has 0 aliphatic heterocycles. The normalized spacial score (nSPS) is 46.2. The molecule has 0 heterocycles. The summed E-state index contributed by atoms with van der Waals surface area (Å²) in [6.45, 7) is 9.53. The lowest BCUT2D eigenvalue weighted by atomic mass is 9.46. The van der Waals surface area contributed by atoms with Crippen molar-refractivity contribution in [3.63, 3.8) is 0 Å². The maximum atomic E-state index is 2.48. The Hall–Kier alpha value is -0.260. The van der Waals surface area contributed by atoms with Crippen LogP contribution in [0.3, 0.4) is 0 Å². The van der Waals surface area contributed by atoms with Gasteiger partial charge in [0.25, 0.3) is 0 Å². The molecule has 0 amide bonds. The van der Waals surface area contributed by atoms with Gasteiger partial charge < -0.3 is 0 Å². The number of fused-ring (bicyclic) bond motifs is 1. The molecule has 0 N–H and O–H groups in total. The number of rotatable bonds is 0. The van der Waals surface area contributed by atoms with Gasteiger partial charge >= 0.3 is 0 Å². The van der Waals surface area contributed by atoms with Crippen LogP contribution in [0.2, 0.25) is 0 Å². The van der Waals surface area contributed by atoms with Gasteiger partial charge in [0.15, 0.2) is 0 Å². The monoisotopic (exact) mass is 150 g/mol. The Balaban J connectivity index is 2.34. The first kappa shape index (κ1) is 7.39. The highest BCUT2D eigenvalue weighted by atomic mass is 14.6. The van der Waals surface area contributed by atoms with Crippen molar-refractivity contribution in [1.82, 2.24) is 0 Å². The summed E-state index contributed by atoms with van der Waals surface area (Å²) in [5.74, 6) is 2.70. The van der Waals surface area contributed by atoms with Crippen molar-refractivity contribution in [2.75, 3.05) is 0 Å². The van der Waals surface area contributed by atoms with Crippen LogP contribution in [0.1, 0.15) is 34.1 Å². The third-order valence-electron chi connectivity index (χ3n) is 4.05. The van der Waals surface area contributed by atoms with Gasteiger partial charge in [-0.25, -0.2) is 0 Å². The minimum atomic E-state index is 0.609. The third-order valence-corrected chi connectivity index (χ3v) is 4.05. The van der Waals surface area contributed by atoms with E-state index in [9.17, 15) is 0 Å². The molecule has 11 heavy (non-hydrogen) atoms. The molecule has 2 bridgehead atoms. The fourth-order valence-electron chi connectivity index (χ4n) is 3.27. The van der Waals surface area contributed by atoms with Gasteiger partial charge in [0.2, 0.25) is 0 Å². The Kier molecular flexibility index (Phi) is 1.28. The lowest BCUT2D eigenvalue weighted by molar-refractivity contribution is -0.0343.